The third-order valence-electron chi connectivity index (χ3n) is 7.37. The van der Waals surface area contributed by atoms with Crippen molar-refractivity contribution in [2.45, 2.75) is 38.1 Å². The lowest BCUT2D eigenvalue weighted by Crippen LogP contribution is -2.60. The topological polar surface area (TPSA) is 77.6 Å². The predicted octanol–water partition coefficient (Wildman–Crippen LogP) is 2.53. The maximum absolute atomic E-state index is 14.7. The first kappa shape index (κ1) is 21.8. The molecule has 8 heteroatoms. The second kappa shape index (κ2) is 9.47. The number of aromatic nitrogens is 1. The molecule has 2 aromatic rings. The van der Waals surface area contributed by atoms with E-state index in [0.29, 0.717) is 32.6 Å². The first-order valence-electron chi connectivity index (χ1n) is 11.9. The van der Waals surface area contributed by atoms with Gasteiger partial charge in [0.2, 0.25) is 5.91 Å². The van der Waals surface area contributed by atoms with Crippen molar-refractivity contribution in [2.24, 2.45) is 11.8 Å². The number of carbonyl (C=O) groups is 2. The predicted molar refractivity (Wildman–Crippen MR) is 123 cm³/mol. The van der Waals surface area contributed by atoms with Crippen molar-refractivity contribution in [1.29, 1.82) is 0 Å². The number of pyridine rings is 1. The van der Waals surface area contributed by atoms with Crippen LogP contribution in [-0.4, -0.2) is 53.9 Å². The number of hydrogen-bond donors (Lipinski definition) is 2. The monoisotopic (exact) mass is 451 g/mol. The fourth-order valence-electron chi connectivity index (χ4n) is 5.54. The molecule has 3 fully saturated rings. The molecule has 2 amide bonds. The van der Waals surface area contributed by atoms with Crippen LogP contribution in [0.2, 0.25) is 0 Å². The molecule has 1 saturated carbocycles. The average Bonchev–Trinajstić information content (AvgIpc) is 2.87. The molecular formula is C25H30FN5O2. The number of hydrazine groups is 1. The van der Waals surface area contributed by atoms with Crippen molar-refractivity contribution in [3.05, 3.63) is 59.7 Å². The Bertz CT molecular complexity index is 1010. The molecule has 174 valence electrons. The van der Waals surface area contributed by atoms with E-state index in [2.05, 4.69) is 20.7 Å². The number of amides is 2. The summed E-state index contributed by atoms with van der Waals surface area (Å²) in [5.41, 5.74) is 8.11. The van der Waals surface area contributed by atoms with Crippen LogP contribution in [0.15, 0.2) is 42.7 Å². The van der Waals surface area contributed by atoms with E-state index in [1.165, 1.54) is 6.07 Å². The van der Waals surface area contributed by atoms with Crippen LogP contribution in [0.4, 0.5) is 10.1 Å². The molecule has 0 spiro atoms. The largest absolute Gasteiger partial charge is 0.368 e. The molecule has 3 unspecified atom stereocenters. The highest BCUT2D eigenvalue weighted by Gasteiger charge is 2.39. The maximum Gasteiger partial charge on any atom is 0.256 e. The fraction of sp³-hybridized carbons (Fsp3) is 0.480. The zero-order valence-corrected chi connectivity index (χ0v) is 18.7. The highest BCUT2D eigenvalue weighted by atomic mass is 19.1. The molecule has 1 aromatic carbocycles. The Hall–Kier alpha value is -3.00. The van der Waals surface area contributed by atoms with Gasteiger partial charge < -0.3 is 9.80 Å². The van der Waals surface area contributed by atoms with Gasteiger partial charge >= 0.3 is 0 Å². The average molecular weight is 452 g/mol. The van der Waals surface area contributed by atoms with Crippen molar-refractivity contribution < 1.29 is 14.0 Å². The van der Waals surface area contributed by atoms with Gasteiger partial charge in [0.05, 0.1) is 5.56 Å². The van der Waals surface area contributed by atoms with Crippen LogP contribution in [-0.2, 0) is 11.2 Å². The van der Waals surface area contributed by atoms with E-state index in [1.54, 1.807) is 29.4 Å². The third kappa shape index (κ3) is 4.57. The van der Waals surface area contributed by atoms with Crippen molar-refractivity contribution in [2.75, 3.05) is 31.1 Å². The summed E-state index contributed by atoms with van der Waals surface area (Å²) in [5.74, 6) is -0.344. The second-order valence-corrected chi connectivity index (χ2v) is 9.30. The molecule has 1 aromatic heterocycles. The van der Waals surface area contributed by atoms with Crippen molar-refractivity contribution >= 4 is 17.5 Å². The Morgan fingerprint density at radius 1 is 1.06 bits per heavy atom. The molecule has 3 aliphatic rings. The standard InChI is InChI=1S/C25H30FN5O2/c26-22-6-5-17(16-23-19-3-1-2-4-20(19)24(32)29-28-23)15-21(22)25(33)31-13-11-30(12-14-31)18-7-9-27-10-8-18/h5-10,15,19-20,23,28H,1-4,11-14,16H2,(H,29,32). The van der Waals surface area contributed by atoms with E-state index < -0.39 is 5.82 Å². The van der Waals surface area contributed by atoms with E-state index in [4.69, 9.17) is 0 Å². The molecule has 0 bridgehead atoms. The molecule has 2 aliphatic heterocycles. The summed E-state index contributed by atoms with van der Waals surface area (Å²) in [6, 6.07) is 8.85. The van der Waals surface area contributed by atoms with Crippen LogP contribution < -0.4 is 15.8 Å². The van der Waals surface area contributed by atoms with E-state index in [0.717, 1.165) is 36.9 Å². The Labute approximate surface area is 193 Å². The molecule has 3 heterocycles. The molecule has 0 radical (unpaired) electrons. The molecule has 3 atom stereocenters. The van der Waals surface area contributed by atoms with Gasteiger partial charge in [-0.05, 0) is 55.0 Å². The number of carbonyl (C=O) groups excluding carboxylic acids is 2. The van der Waals surface area contributed by atoms with Crippen LogP contribution in [0, 0.1) is 17.7 Å². The Kier molecular flexibility index (Phi) is 6.26. The molecular weight excluding hydrogens is 421 g/mol. The van der Waals surface area contributed by atoms with E-state index >= 15 is 0 Å². The van der Waals surface area contributed by atoms with Gasteiger partial charge in [0.15, 0.2) is 0 Å². The van der Waals surface area contributed by atoms with E-state index in [9.17, 15) is 14.0 Å². The summed E-state index contributed by atoms with van der Waals surface area (Å²) >= 11 is 0. The summed E-state index contributed by atoms with van der Waals surface area (Å²) in [6.45, 7) is 2.49. The van der Waals surface area contributed by atoms with Crippen LogP contribution in [0.3, 0.4) is 0 Å². The minimum absolute atomic E-state index is 0.0447. The van der Waals surface area contributed by atoms with Gasteiger partial charge in [-0.3, -0.25) is 20.0 Å². The number of hydrogen-bond acceptors (Lipinski definition) is 5. The zero-order chi connectivity index (χ0) is 22.8. The van der Waals surface area contributed by atoms with Gasteiger partial charge in [0, 0.05) is 56.2 Å². The fourth-order valence-corrected chi connectivity index (χ4v) is 5.54. The number of fused-ring (bicyclic) bond motifs is 1. The van der Waals surface area contributed by atoms with E-state index in [-0.39, 0.29) is 35.3 Å². The number of piperazine rings is 1. The zero-order valence-electron chi connectivity index (χ0n) is 18.7. The van der Waals surface area contributed by atoms with Gasteiger partial charge in [0.1, 0.15) is 5.82 Å². The first-order valence-corrected chi connectivity index (χ1v) is 11.9. The second-order valence-electron chi connectivity index (χ2n) is 9.30. The normalized spacial score (nSPS) is 25.4. The van der Waals surface area contributed by atoms with Gasteiger partial charge in [-0.15, -0.1) is 0 Å². The van der Waals surface area contributed by atoms with Crippen molar-refractivity contribution in [3.63, 3.8) is 0 Å². The molecule has 2 N–H and O–H groups in total. The minimum atomic E-state index is -0.485. The van der Waals surface area contributed by atoms with Crippen LogP contribution in [0.5, 0.6) is 0 Å². The number of nitrogens with one attached hydrogen (secondary N) is 2. The summed E-state index contributed by atoms with van der Waals surface area (Å²) < 4.78 is 14.7. The van der Waals surface area contributed by atoms with Crippen LogP contribution >= 0.6 is 0 Å². The molecule has 5 rings (SSSR count). The maximum atomic E-state index is 14.7. The smallest absolute Gasteiger partial charge is 0.256 e. The summed E-state index contributed by atoms with van der Waals surface area (Å²) in [7, 11) is 0. The SMILES string of the molecule is O=C1NNC(Cc2ccc(F)c(C(=O)N3CCN(c4ccncc4)CC3)c2)C2CCCCC12. The van der Waals surface area contributed by atoms with Gasteiger partial charge in [-0.2, -0.15) is 0 Å². The van der Waals surface area contributed by atoms with Crippen LogP contribution in [0.25, 0.3) is 0 Å². The minimum Gasteiger partial charge on any atom is -0.368 e. The Morgan fingerprint density at radius 3 is 2.61 bits per heavy atom. The Morgan fingerprint density at radius 2 is 1.82 bits per heavy atom. The lowest BCUT2D eigenvalue weighted by molar-refractivity contribution is -0.133. The van der Waals surface area contributed by atoms with Gasteiger partial charge in [-0.1, -0.05) is 18.9 Å². The number of anilines is 1. The first-order chi connectivity index (χ1) is 16.1. The highest BCUT2D eigenvalue weighted by molar-refractivity contribution is 5.95. The summed E-state index contributed by atoms with van der Waals surface area (Å²) in [6.07, 6.45) is 8.33. The number of halogens is 1. The van der Waals surface area contributed by atoms with Gasteiger partial charge in [0.25, 0.3) is 5.91 Å². The molecule has 1 aliphatic carbocycles. The quantitative estimate of drug-likeness (QED) is 0.747. The summed E-state index contributed by atoms with van der Waals surface area (Å²) in [5, 5.41) is 0. The summed E-state index contributed by atoms with van der Waals surface area (Å²) in [4.78, 5) is 33.4. The molecule has 33 heavy (non-hydrogen) atoms. The van der Waals surface area contributed by atoms with E-state index in [1.807, 2.05) is 12.1 Å². The highest BCUT2D eigenvalue weighted by Crippen LogP contribution is 2.35. The number of nitrogens with zero attached hydrogens (tertiary/aromatic N) is 3. The molecule has 2 saturated heterocycles. The number of benzene rings is 1. The lowest BCUT2D eigenvalue weighted by atomic mass is 9.72. The third-order valence-corrected chi connectivity index (χ3v) is 7.37. The molecule has 7 nitrogen and oxygen atoms in total. The lowest BCUT2D eigenvalue weighted by Gasteiger charge is -2.41. The Balaban J connectivity index is 1.26. The van der Waals surface area contributed by atoms with Crippen LogP contribution in [0.1, 0.15) is 41.6 Å². The van der Waals surface area contributed by atoms with Gasteiger partial charge in [-0.25, -0.2) is 9.82 Å². The van der Waals surface area contributed by atoms with Crippen molar-refractivity contribution in [3.8, 4) is 0 Å². The van der Waals surface area contributed by atoms with Crippen molar-refractivity contribution in [1.82, 2.24) is 20.7 Å². The number of rotatable bonds is 4.